The van der Waals surface area contributed by atoms with E-state index in [1.807, 2.05) is 43.3 Å². The molecule has 2 aromatic carbocycles. The third kappa shape index (κ3) is 2.83. The number of hydrogen-bond acceptors (Lipinski definition) is 3. The largest absolute Gasteiger partial charge is 0.507 e. The van der Waals surface area contributed by atoms with E-state index in [1.54, 1.807) is 24.6 Å². The van der Waals surface area contributed by atoms with Gasteiger partial charge in [-0.3, -0.25) is 9.98 Å². The van der Waals surface area contributed by atoms with Gasteiger partial charge in [-0.05, 0) is 31.2 Å². The minimum absolute atomic E-state index is 0.220. The third-order valence-electron chi connectivity index (χ3n) is 2.43. The van der Waals surface area contributed by atoms with Gasteiger partial charge in [-0.15, -0.1) is 0 Å². The first kappa shape index (κ1) is 12.0. The van der Waals surface area contributed by atoms with Crippen molar-refractivity contribution in [3.8, 4) is 5.75 Å². The van der Waals surface area contributed by atoms with Gasteiger partial charge in [0.1, 0.15) is 5.75 Å². The molecule has 0 aliphatic heterocycles. The molecule has 0 bridgehead atoms. The molecule has 90 valence electrons. The van der Waals surface area contributed by atoms with Crippen molar-refractivity contribution in [2.24, 2.45) is 9.98 Å². The van der Waals surface area contributed by atoms with Crippen LogP contribution in [0.1, 0.15) is 12.5 Å². The monoisotopic (exact) mass is 238 g/mol. The van der Waals surface area contributed by atoms with Gasteiger partial charge in [0.05, 0.1) is 11.4 Å². The van der Waals surface area contributed by atoms with Crippen LogP contribution in [-0.2, 0) is 0 Å². The van der Waals surface area contributed by atoms with Gasteiger partial charge in [0.2, 0.25) is 0 Å². The van der Waals surface area contributed by atoms with Gasteiger partial charge in [-0.2, -0.15) is 0 Å². The Morgan fingerprint density at radius 1 is 0.889 bits per heavy atom. The zero-order chi connectivity index (χ0) is 12.8. The summed E-state index contributed by atoms with van der Waals surface area (Å²) >= 11 is 0. The summed E-state index contributed by atoms with van der Waals surface area (Å²) in [5.41, 5.74) is 2.28. The summed E-state index contributed by atoms with van der Waals surface area (Å²) < 4.78 is 0. The molecule has 0 unspecified atom stereocenters. The molecule has 3 heteroatoms. The van der Waals surface area contributed by atoms with Crippen molar-refractivity contribution >= 4 is 23.8 Å². The first-order valence-corrected chi connectivity index (χ1v) is 5.71. The predicted molar refractivity (Wildman–Crippen MR) is 75.6 cm³/mol. The van der Waals surface area contributed by atoms with Crippen LogP contribution in [0.4, 0.5) is 11.4 Å². The fourth-order valence-electron chi connectivity index (χ4n) is 1.56. The summed E-state index contributed by atoms with van der Waals surface area (Å²) in [6.07, 6.45) is 3.37. The topological polar surface area (TPSA) is 45.0 Å². The molecule has 2 aromatic rings. The van der Waals surface area contributed by atoms with E-state index in [0.29, 0.717) is 5.56 Å². The highest BCUT2D eigenvalue weighted by Crippen LogP contribution is 2.27. The van der Waals surface area contributed by atoms with E-state index in [1.165, 1.54) is 0 Å². The Morgan fingerprint density at radius 2 is 1.50 bits per heavy atom. The Morgan fingerprint density at radius 3 is 2.17 bits per heavy atom. The lowest BCUT2D eigenvalue weighted by atomic mass is 10.2. The molecule has 0 fully saturated rings. The van der Waals surface area contributed by atoms with E-state index >= 15 is 0 Å². The first-order valence-electron chi connectivity index (χ1n) is 5.71. The number of rotatable bonds is 3. The molecule has 0 saturated carbocycles. The quantitative estimate of drug-likeness (QED) is 0.811. The van der Waals surface area contributed by atoms with Crippen LogP contribution in [0.3, 0.4) is 0 Å². The van der Waals surface area contributed by atoms with E-state index in [2.05, 4.69) is 9.98 Å². The van der Waals surface area contributed by atoms with Crippen LogP contribution >= 0.6 is 0 Å². The van der Waals surface area contributed by atoms with Gasteiger partial charge in [0.25, 0.3) is 0 Å². The highest BCUT2D eigenvalue weighted by molar-refractivity contribution is 5.86. The normalized spacial score (nSPS) is 11.4. The summed E-state index contributed by atoms with van der Waals surface area (Å²) in [6.45, 7) is 1.86. The second kappa shape index (κ2) is 5.77. The molecule has 0 atom stereocenters. The zero-order valence-electron chi connectivity index (χ0n) is 10.1. The van der Waals surface area contributed by atoms with E-state index < -0.39 is 0 Å². The zero-order valence-corrected chi connectivity index (χ0v) is 10.1. The molecule has 0 amide bonds. The molecule has 0 radical (unpaired) electrons. The van der Waals surface area contributed by atoms with Crippen LogP contribution in [0.2, 0.25) is 0 Å². The molecule has 2 rings (SSSR count). The van der Waals surface area contributed by atoms with Gasteiger partial charge in [-0.25, -0.2) is 0 Å². The third-order valence-corrected chi connectivity index (χ3v) is 2.43. The van der Waals surface area contributed by atoms with Gasteiger partial charge in [0.15, 0.2) is 0 Å². The first-order chi connectivity index (χ1) is 8.81. The maximum absolute atomic E-state index is 9.64. The molecule has 1 N–H and O–H groups in total. The molecule has 0 aliphatic carbocycles. The molecule has 18 heavy (non-hydrogen) atoms. The highest BCUT2D eigenvalue weighted by Gasteiger charge is 1.98. The maximum atomic E-state index is 9.64. The Labute approximate surface area is 106 Å². The number of para-hydroxylation sites is 3. The average Bonchev–Trinajstić information content (AvgIpc) is 2.40. The van der Waals surface area contributed by atoms with Crippen molar-refractivity contribution in [2.75, 3.05) is 0 Å². The minimum Gasteiger partial charge on any atom is -0.507 e. The fourth-order valence-corrected chi connectivity index (χ4v) is 1.56. The summed E-state index contributed by atoms with van der Waals surface area (Å²) in [5.74, 6) is 0.220. The lowest BCUT2D eigenvalue weighted by Crippen LogP contribution is -1.81. The van der Waals surface area contributed by atoms with Crippen molar-refractivity contribution < 1.29 is 5.11 Å². The number of hydrogen-bond donors (Lipinski definition) is 1. The van der Waals surface area contributed by atoms with Crippen LogP contribution in [-0.4, -0.2) is 17.5 Å². The van der Waals surface area contributed by atoms with Crippen LogP contribution in [0.15, 0.2) is 58.5 Å². The SMILES string of the molecule is CC=Nc1ccccc1N=Cc1ccccc1O. The maximum Gasteiger partial charge on any atom is 0.124 e. The molecular formula is C15H14N2O. The lowest BCUT2D eigenvalue weighted by Gasteiger charge is -2.00. The second-order valence-electron chi connectivity index (χ2n) is 3.69. The summed E-state index contributed by atoms with van der Waals surface area (Å²) in [4.78, 5) is 8.60. The second-order valence-corrected chi connectivity index (χ2v) is 3.69. The van der Waals surface area contributed by atoms with E-state index in [-0.39, 0.29) is 5.75 Å². The Kier molecular flexibility index (Phi) is 3.86. The van der Waals surface area contributed by atoms with Crippen LogP contribution < -0.4 is 0 Å². The molecule has 0 saturated heterocycles. The standard InChI is InChI=1S/C15H14N2O/c1-2-16-13-8-4-5-9-14(13)17-11-12-7-3-6-10-15(12)18/h2-11,18H,1H3. The fraction of sp³-hybridized carbons (Fsp3) is 0.0667. The number of aliphatic imine (C=N–C) groups is 2. The summed E-state index contributed by atoms with van der Waals surface area (Å²) in [6, 6.07) is 14.7. The number of nitrogens with zero attached hydrogens (tertiary/aromatic N) is 2. The highest BCUT2D eigenvalue weighted by atomic mass is 16.3. The van der Waals surface area contributed by atoms with Crippen molar-refractivity contribution in [2.45, 2.75) is 6.92 Å². The van der Waals surface area contributed by atoms with E-state index in [0.717, 1.165) is 11.4 Å². The van der Waals surface area contributed by atoms with Crippen LogP contribution in [0.25, 0.3) is 0 Å². The molecule has 0 aromatic heterocycles. The Hall–Kier alpha value is -2.42. The molecule has 0 aliphatic rings. The van der Waals surface area contributed by atoms with Gasteiger partial charge >= 0.3 is 0 Å². The van der Waals surface area contributed by atoms with Gasteiger partial charge in [-0.1, -0.05) is 24.3 Å². The summed E-state index contributed by atoms with van der Waals surface area (Å²) in [7, 11) is 0. The van der Waals surface area contributed by atoms with Crippen LogP contribution in [0.5, 0.6) is 5.75 Å². The number of aromatic hydroxyl groups is 1. The number of benzene rings is 2. The Balaban J connectivity index is 2.32. The predicted octanol–water partition coefficient (Wildman–Crippen LogP) is 3.87. The molecule has 3 nitrogen and oxygen atoms in total. The molecule has 0 spiro atoms. The molecule has 0 heterocycles. The van der Waals surface area contributed by atoms with Crippen molar-refractivity contribution in [3.63, 3.8) is 0 Å². The van der Waals surface area contributed by atoms with Gasteiger partial charge in [0, 0.05) is 18.0 Å². The number of phenolic OH excluding ortho intramolecular Hbond substituents is 1. The molecular weight excluding hydrogens is 224 g/mol. The average molecular weight is 238 g/mol. The minimum atomic E-state index is 0.220. The van der Waals surface area contributed by atoms with E-state index in [9.17, 15) is 5.11 Å². The van der Waals surface area contributed by atoms with Crippen molar-refractivity contribution in [3.05, 3.63) is 54.1 Å². The van der Waals surface area contributed by atoms with Crippen molar-refractivity contribution in [1.82, 2.24) is 0 Å². The summed E-state index contributed by atoms with van der Waals surface area (Å²) in [5, 5.41) is 9.64. The lowest BCUT2D eigenvalue weighted by molar-refractivity contribution is 0.474. The number of phenols is 1. The smallest absolute Gasteiger partial charge is 0.124 e. The van der Waals surface area contributed by atoms with Gasteiger partial charge < -0.3 is 5.11 Å². The van der Waals surface area contributed by atoms with Crippen LogP contribution in [0, 0.1) is 0 Å². The Bertz CT molecular complexity index is 589. The van der Waals surface area contributed by atoms with E-state index in [4.69, 9.17) is 0 Å². The van der Waals surface area contributed by atoms with Crippen molar-refractivity contribution in [1.29, 1.82) is 0 Å².